The normalized spacial score (nSPS) is 10.6. The van der Waals surface area contributed by atoms with Crippen LogP contribution >= 0.6 is 0 Å². The van der Waals surface area contributed by atoms with Gasteiger partial charge in [-0.2, -0.15) is 0 Å². The van der Waals surface area contributed by atoms with Crippen LogP contribution in [-0.2, 0) is 14.3 Å². The van der Waals surface area contributed by atoms with E-state index < -0.39 is 0 Å². The minimum atomic E-state index is -0.274. The Morgan fingerprint density at radius 1 is 1.29 bits per heavy atom. The van der Waals surface area contributed by atoms with Crippen LogP contribution in [0.4, 0.5) is 5.82 Å². The summed E-state index contributed by atoms with van der Waals surface area (Å²) < 4.78 is 10.2. The summed E-state index contributed by atoms with van der Waals surface area (Å²) in [7, 11) is 0. The number of carbonyl (C=O) groups is 2. The molecule has 7 nitrogen and oxygen atoms in total. The second-order valence-corrected chi connectivity index (χ2v) is 5.69. The van der Waals surface area contributed by atoms with Crippen molar-refractivity contribution in [1.82, 2.24) is 10.1 Å². The second-order valence-electron chi connectivity index (χ2n) is 5.69. The maximum absolute atomic E-state index is 12.3. The number of anilines is 1. The summed E-state index contributed by atoms with van der Waals surface area (Å²) in [6, 6.07) is 1.64. The van der Waals surface area contributed by atoms with Crippen LogP contribution in [0.3, 0.4) is 0 Å². The highest BCUT2D eigenvalue weighted by molar-refractivity contribution is 5.93. The lowest BCUT2D eigenvalue weighted by Gasteiger charge is -2.22. The third-order valence-electron chi connectivity index (χ3n) is 3.50. The molecule has 1 aromatic rings. The maximum atomic E-state index is 12.3. The fraction of sp³-hybridized carbons (Fsp3) is 0.706. The molecule has 0 aliphatic rings. The van der Waals surface area contributed by atoms with E-state index in [0.717, 1.165) is 19.3 Å². The van der Waals surface area contributed by atoms with Gasteiger partial charge in [0.1, 0.15) is 5.76 Å². The number of aryl methyl sites for hydroxylation is 1. The molecule has 0 atom stereocenters. The van der Waals surface area contributed by atoms with Crippen LogP contribution in [0.25, 0.3) is 0 Å². The number of amides is 2. The lowest BCUT2D eigenvalue weighted by atomic mass is 10.2. The van der Waals surface area contributed by atoms with Crippen LogP contribution in [0.2, 0.25) is 0 Å². The smallest absolute Gasteiger partial charge is 0.245 e. The van der Waals surface area contributed by atoms with Crippen LogP contribution in [0.15, 0.2) is 10.6 Å². The molecule has 0 aromatic carbocycles. The molecule has 1 aromatic heterocycles. The molecule has 0 spiro atoms. The molecular formula is C17H29N3O4. The summed E-state index contributed by atoms with van der Waals surface area (Å²) >= 11 is 0. The number of nitrogens with zero attached hydrogens (tertiary/aromatic N) is 2. The highest BCUT2D eigenvalue weighted by atomic mass is 16.5. The van der Waals surface area contributed by atoms with Crippen LogP contribution in [0.5, 0.6) is 0 Å². The first-order valence-corrected chi connectivity index (χ1v) is 8.65. The third-order valence-corrected chi connectivity index (χ3v) is 3.50. The average molecular weight is 339 g/mol. The molecule has 1 rings (SSSR count). The first-order chi connectivity index (χ1) is 11.6. The summed E-state index contributed by atoms with van der Waals surface area (Å²) in [4.78, 5) is 26.1. The van der Waals surface area contributed by atoms with Crippen molar-refractivity contribution >= 4 is 17.6 Å². The van der Waals surface area contributed by atoms with E-state index in [1.807, 2.05) is 6.92 Å². The third kappa shape index (κ3) is 8.10. The molecule has 136 valence electrons. The molecule has 2 amide bonds. The molecule has 0 fully saturated rings. The van der Waals surface area contributed by atoms with Gasteiger partial charge in [0.25, 0.3) is 0 Å². The van der Waals surface area contributed by atoms with Crippen molar-refractivity contribution in [3.05, 3.63) is 11.8 Å². The predicted octanol–water partition coefficient (Wildman–Crippen LogP) is 2.76. The molecule has 0 aliphatic carbocycles. The topological polar surface area (TPSA) is 84.7 Å². The summed E-state index contributed by atoms with van der Waals surface area (Å²) in [6.45, 7) is 7.54. The highest BCUT2D eigenvalue weighted by Gasteiger charge is 2.17. The number of ether oxygens (including phenoxy) is 1. The van der Waals surface area contributed by atoms with E-state index in [1.54, 1.807) is 17.9 Å². The molecule has 24 heavy (non-hydrogen) atoms. The van der Waals surface area contributed by atoms with E-state index in [2.05, 4.69) is 17.4 Å². The SMILES string of the molecule is CCCCCC(=O)N(CCCOCC)CC(=O)Nc1cc(C)on1. The Kier molecular flexibility index (Phi) is 9.76. The zero-order valence-electron chi connectivity index (χ0n) is 15.0. The van der Waals surface area contributed by atoms with E-state index in [-0.39, 0.29) is 18.4 Å². The number of rotatable bonds is 12. The van der Waals surface area contributed by atoms with Crippen molar-refractivity contribution in [2.24, 2.45) is 0 Å². The number of unbranched alkanes of at least 4 members (excludes halogenated alkanes) is 2. The van der Waals surface area contributed by atoms with Gasteiger partial charge < -0.3 is 19.5 Å². The Morgan fingerprint density at radius 2 is 2.08 bits per heavy atom. The van der Waals surface area contributed by atoms with Gasteiger partial charge in [0.05, 0.1) is 6.54 Å². The molecule has 0 saturated heterocycles. The van der Waals surface area contributed by atoms with Gasteiger partial charge in [-0.15, -0.1) is 0 Å². The zero-order valence-corrected chi connectivity index (χ0v) is 15.0. The van der Waals surface area contributed by atoms with Crippen molar-refractivity contribution in [2.75, 3.05) is 31.6 Å². The van der Waals surface area contributed by atoms with Crippen molar-refractivity contribution in [3.8, 4) is 0 Å². The Bertz CT molecular complexity index is 502. The summed E-state index contributed by atoms with van der Waals surface area (Å²) in [6.07, 6.45) is 4.11. The van der Waals surface area contributed by atoms with Crippen LogP contribution in [-0.4, -0.2) is 48.2 Å². The average Bonchev–Trinajstić information content (AvgIpc) is 2.95. The summed E-state index contributed by atoms with van der Waals surface area (Å²) in [5, 5.41) is 6.37. The molecule has 0 unspecified atom stereocenters. The first-order valence-electron chi connectivity index (χ1n) is 8.65. The molecule has 1 heterocycles. The molecule has 0 saturated carbocycles. The minimum absolute atomic E-state index is 0.00596. The quantitative estimate of drug-likeness (QED) is 0.592. The fourth-order valence-corrected chi connectivity index (χ4v) is 2.26. The fourth-order valence-electron chi connectivity index (χ4n) is 2.26. The largest absolute Gasteiger partial charge is 0.382 e. The summed E-state index contributed by atoms with van der Waals surface area (Å²) in [5.74, 6) is 0.717. The van der Waals surface area contributed by atoms with Crippen LogP contribution < -0.4 is 5.32 Å². The minimum Gasteiger partial charge on any atom is -0.382 e. The molecule has 0 bridgehead atoms. The number of nitrogens with one attached hydrogen (secondary N) is 1. The number of carbonyl (C=O) groups excluding carboxylic acids is 2. The maximum Gasteiger partial charge on any atom is 0.245 e. The van der Waals surface area contributed by atoms with E-state index >= 15 is 0 Å². The predicted molar refractivity (Wildman–Crippen MR) is 91.7 cm³/mol. The lowest BCUT2D eigenvalue weighted by molar-refractivity contribution is -0.135. The Hall–Kier alpha value is -1.89. The van der Waals surface area contributed by atoms with Crippen LogP contribution in [0.1, 0.15) is 51.7 Å². The Labute approximate surface area is 143 Å². The van der Waals surface area contributed by atoms with Gasteiger partial charge in [-0.25, -0.2) is 0 Å². The van der Waals surface area contributed by atoms with Gasteiger partial charge in [-0.05, 0) is 26.7 Å². The van der Waals surface area contributed by atoms with Crippen molar-refractivity contribution in [1.29, 1.82) is 0 Å². The molecule has 1 N–H and O–H groups in total. The van der Waals surface area contributed by atoms with E-state index in [9.17, 15) is 9.59 Å². The van der Waals surface area contributed by atoms with Crippen molar-refractivity contribution < 1.29 is 18.8 Å². The Morgan fingerprint density at radius 3 is 2.71 bits per heavy atom. The van der Waals surface area contributed by atoms with Gasteiger partial charge in [0.15, 0.2) is 5.82 Å². The second kappa shape index (κ2) is 11.6. The molecule has 0 aliphatic heterocycles. The van der Waals surface area contributed by atoms with E-state index in [4.69, 9.17) is 9.26 Å². The van der Waals surface area contributed by atoms with Crippen molar-refractivity contribution in [2.45, 2.75) is 52.9 Å². The molecule has 0 radical (unpaired) electrons. The van der Waals surface area contributed by atoms with Crippen molar-refractivity contribution in [3.63, 3.8) is 0 Å². The van der Waals surface area contributed by atoms with Gasteiger partial charge >= 0.3 is 0 Å². The Balaban J connectivity index is 2.51. The van der Waals surface area contributed by atoms with Gasteiger partial charge in [0, 0.05) is 32.2 Å². The molecular weight excluding hydrogens is 310 g/mol. The number of hydrogen-bond acceptors (Lipinski definition) is 5. The van der Waals surface area contributed by atoms with E-state index in [1.165, 1.54) is 0 Å². The number of hydrogen-bond donors (Lipinski definition) is 1. The standard InChI is InChI=1S/C17H29N3O4/c1-4-6-7-9-17(22)20(10-8-11-23-5-2)13-16(21)18-15-12-14(3)24-19-15/h12H,4-11,13H2,1-3H3,(H,18,19,21). The van der Waals surface area contributed by atoms with Gasteiger partial charge in [-0.3, -0.25) is 9.59 Å². The lowest BCUT2D eigenvalue weighted by Crippen LogP contribution is -2.39. The number of aromatic nitrogens is 1. The van der Waals surface area contributed by atoms with Crippen LogP contribution in [0, 0.1) is 6.92 Å². The monoisotopic (exact) mass is 339 g/mol. The first kappa shape index (κ1) is 20.2. The summed E-state index contributed by atoms with van der Waals surface area (Å²) in [5.41, 5.74) is 0. The van der Waals surface area contributed by atoms with Gasteiger partial charge in [-0.1, -0.05) is 24.9 Å². The molecule has 7 heteroatoms. The zero-order chi connectivity index (χ0) is 17.8. The van der Waals surface area contributed by atoms with E-state index in [0.29, 0.717) is 44.2 Å². The van der Waals surface area contributed by atoms with Gasteiger partial charge in [0.2, 0.25) is 11.8 Å². The highest BCUT2D eigenvalue weighted by Crippen LogP contribution is 2.08.